The van der Waals surface area contributed by atoms with Gasteiger partial charge < -0.3 is 0 Å². The zero-order chi connectivity index (χ0) is 6.69. The molecule has 3 heteroatoms. The summed E-state index contributed by atoms with van der Waals surface area (Å²) in [7, 11) is 0. The molecule has 0 amide bonds. The minimum atomic E-state index is -0.415. The SMILES string of the molecule is CSc1cccc(F)n1. The lowest BCUT2D eigenvalue weighted by Crippen LogP contribution is -1.81. The molecule has 0 N–H and O–H groups in total. The Hall–Kier alpha value is -0.570. The fourth-order valence-corrected chi connectivity index (χ4v) is 0.896. The highest BCUT2D eigenvalue weighted by molar-refractivity contribution is 7.98. The van der Waals surface area contributed by atoms with E-state index in [1.165, 1.54) is 17.8 Å². The van der Waals surface area contributed by atoms with Gasteiger partial charge in [0.25, 0.3) is 0 Å². The molecular weight excluding hydrogens is 137 g/mol. The molecule has 1 rings (SSSR count). The van der Waals surface area contributed by atoms with Crippen LogP contribution in [0.1, 0.15) is 0 Å². The summed E-state index contributed by atoms with van der Waals surface area (Å²) in [5.74, 6) is -0.415. The van der Waals surface area contributed by atoms with Gasteiger partial charge in [-0.1, -0.05) is 6.07 Å². The first-order valence-corrected chi connectivity index (χ1v) is 3.72. The maximum Gasteiger partial charge on any atom is 0.213 e. The zero-order valence-electron chi connectivity index (χ0n) is 4.97. The summed E-state index contributed by atoms with van der Waals surface area (Å²) in [6.45, 7) is 0. The summed E-state index contributed by atoms with van der Waals surface area (Å²) < 4.78 is 12.2. The molecule has 1 heterocycles. The Balaban J connectivity index is 2.94. The van der Waals surface area contributed by atoms with Gasteiger partial charge in [-0.15, -0.1) is 11.8 Å². The van der Waals surface area contributed by atoms with Crippen LogP contribution < -0.4 is 0 Å². The highest BCUT2D eigenvalue weighted by Crippen LogP contribution is 2.09. The van der Waals surface area contributed by atoms with Crippen molar-refractivity contribution in [2.75, 3.05) is 6.26 Å². The average Bonchev–Trinajstić information content (AvgIpc) is 1.88. The highest BCUT2D eigenvalue weighted by atomic mass is 32.2. The number of rotatable bonds is 1. The molecule has 0 aliphatic rings. The molecule has 0 fully saturated rings. The van der Waals surface area contributed by atoms with Gasteiger partial charge in [-0.2, -0.15) is 4.39 Å². The number of halogens is 1. The zero-order valence-corrected chi connectivity index (χ0v) is 5.78. The van der Waals surface area contributed by atoms with Gasteiger partial charge in [0, 0.05) is 0 Å². The van der Waals surface area contributed by atoms with E-state index >= 15 is 0 Å². The van der Waals surface area contributed by atoms with E-state index < -0.39 is 5.95 Å². The van der Waals surface area contributed by atoms with Crippen molar-refractivity contribution in [2.24, 2.45) is 0 Å². The molecule has 0 saturated heterocycles. The topological polar surface area (TPSA) is 12.9 Å². The van der Waals surface area contributed by atoms with Gasteiger partial charge >= 0.3 is 0 Å². The normalized spacial score (nSPS) is 9.56. The van der Waals surface area contributed by atoms with E-state index in [0.717, 1.165) is 5.03 Å². The first-order valence-electron chi connectivity index (χ1n) is 2.49. The summed E-state index contributed by atoms with van der Waals surface area (Å²) >= 11 is 1.43. The average molecular weight is 143 g/mol. The first kappa shape index (κ1) is 6.55. The summed E-state index contributed by atoms with van der Waals surface area (Å²) in [4.78, 5) is 3.59. The Bertz CT molecular complexity index is 202. The Morgan fingerprint density at radius 3 is 2.78 bits per heavy atom. The summed E-state index contributed by atoms with van der Waals surface area (Å²) in [6.07, 6.45) is 1.86. The number of hydrogen-bond acceptors (Lipinski definition) is 2. The molecule has 9 heavy (non-hydrogen) atoms. The van der Waals surface area contributed by atoms with Gasteiger partial charge in [0.2, 0.25) is 5.95 Å². The Labute approximate surface area is 57.3 Å². The lowest BCUT2D eigenvalue weighted by atomic mass is 10.5. The Morgan fingerprint density at radius 1 is 1.56 bits per heavy atom. The second kappa shape index (κ2) is 2.82. The third-order valence-corrected chi connectivity index (χ3v) is 1.54. The van der Waals surface area contributed by atoms with Crippen LogP contribution in [0.4, 0.5) is 4.39 Å². The number of pyridine rings is 1. The van der Waals surface area contributed by atoms with E-state index in [1.54, 1.807) is 12.1 Å². The van der Waals surface area contributed by atoms with E-state index in [1.807, 2.05) is 6.26 Å². The Morgan fingerprint density at radius 2 is 2.33 bits per heavy atom. The first-order chi connectivity index (χ1) is 4.33. The second-order valence-corrected chi connectivity index (χ2v) is 2.33. The molecule has 48 valence electrons. The van der Waals surface area contributed by atoms with Crippen LogP contribution in [-0.4, -0.2) is 11.2 Å². The van der Waals surface area contributed by atoms with Crippen molar-refractivity contribution in [2.45, 2.75) is 5.03 Å². The van der Waals surface area contributed by atoms with Gasteiger partial charge in [-0.3, -0.25) is 0 Å². The Kier molecular flexibility index (Phi) is 2.05. The molecule has 1 aromatic heterocycles. The molecule has 0 saturated carbocycles. The monoisotopic (exact) mass is 143 g/mol. The van der Waals surface area contributed by atoms with Crippen LogP contribution in [0.15, 0.2) is 23.2 Å². The van der Waals surface area contributed by atoms with Crippen LogP contribution in [0.3, 0.4) is 0 Å². The van der Waals surface area contributed by atoms with Gasteiger partial charge in [0.05, 0.1) is 5.03 Å². The number of aromatic nitrogens is 1. The van der Waals surface area contributed by atoms with Gasteiger partial charge in [-0.05, 0) is 18.4 Å². The smallest absolute Gasteiger partial charge is 0.213 e. The third kappa shape index (κ3) is 1.68. The van der Waals surface area contributed by atoms with Crippen molar-refractivity contribution in [3.63, 3.8) is 0 Å². The molecule has 0 bridgehead atoms. The predicted octanol–water partition coefficient (Wildman–Crippen LogP) is 1.94. The second-order valence-electron chi connectivity index (χ2n) is 1.50. The number of hydrogen-bond donors (Lipinski definition) is 0. The van der Waals surface area contributed by atoms with Crippen LogP contribution in [0.2, 0.25) is 0 Å². The minimum absolute atomic E-state index is 0.415. The third-order valence-electron chi connectivity index (χ3n) is 0.899. The molecule has 0 aliphatic heterocycles. The molecule has 0 aliphatic carbocycles. The van der Waals surface area contributed by atoms with E-state index in [4.69, 9.17) is 0 Å². The largest absolute Gasteiger partial charge is 0.213 e. The van der Waals surface area contributed by atoms with Crippen molar-refractivity contribution >= 4 is 11.8 Å². The maximum atomic E-state index is 12.2. The van der Waals surface area contributed by atoms with Crippen molar-refractivity contribution in [3.8, 4) is 0 Å². The van der Waals surface area contributed by atoms with E-state index in [0.29, 0.717) is 0 Å². The standard InChI is InChI=1S/C6H6FNS/c1-9-6-4-2-3-5(7)8-6/h2-4H,1H3. The van der Waals surface area contributed by atoms with Crippen LogP contribution in [0.5, 0.6) is 0 Å². The number of nitrogens with zero attached hydrogens (tertiary/aromatic N) is 1. The van der Waals surface area contributed by atoms with Crippen molar-refractivity contribution in [1.29, 1.82) is 0 Å². The summed E-state index contributed by atoms with van der Waals surface area (Å²) in [5, 5.41) is 0.718. The molecule has 1 nitrogen and oxygen atoms in total. The molecule has 1 aromatic rings. The summed E-state index contributed by atoms with van der Waals surface area (Å²) in [5.41, 5.74) is 0. The minimum Gasteiger partial charge on any atom is -0.213 e. The molecule has 0 spiro atoms. The van der Waals surface area contributed by atoms with Crippen LogP contribution in [0.25, 0.3) is 0 Å². The number of thioether (sulfide) groups is 1. The maximum absolute atomic E-state index is 12.2. The van der Waals surface area contributed by atoms with E-state index in [2.05, 4.69) is 4.98 Å². The van der Waals surface area contributed by atoms with Gasteiger partial charge in [0.15, 0.2) is 0 Å². The lowest BCUT2D eigenvalue weighted by Gasteiger charge is -1.91. The summed E-state index contributed by atoms with van der Waals surface area (Å²) in [6, 6.07) is 4.75. The molecule has 0 unspecified atom stereocenters. The van der Waals surface area contributed by atoms with E-state index in [-0.39, 0.29) is 0 Å². The fraction of sp³-hybridized carbons (Fsp3) is 0.167. The highest BCUT2D eigenvalue weighted by Gasteiger charge is 1.91. The van der Waals surface area contributed by atoms with Crippen LogP contribution in [0, 0.1) is 5.95 Å². The van der Waals surface area contributed by atoms with E-state index in [9.17, 15) is 4.39 Å². The van der Waals surface area contributed by atoms with Crippen molar-refractivity contribution < 1.29 is 4.39 Å². The van der Waals surface area contributed by atoms with Crippen molar-refractivity contribution in [1.82, 2.24) is 4.98 Å². The van der Waals surface area contributed by atoms with Crippen LogP contribution >= 0.6 is 11.8 Å². The molecule has 0 radical (unpaired) electrons. The predicted molar refractivity (Wildman–Crippen MR) is 36.0 cm³/mol. The quantitative estimate of drug-likeness (QED) is 0.440. The van der Waals surface area contributed by atoms with Gasteiger partial charge in [0.1, 0.15) is 0 Å². The molecule has 0 aromatic carbocycles. The van der Waals surface area contributed by atoms with Crippen LogP contribution in [-0.2, 0) is 0 Å². The fourth-order valence-electron chi connectivity index (χ4n) is 0.503. The molecular formula is C6H6FNS. The molecule has 0 atom stereocenters. The van der Waals surface area contributed by atoms with Crippen molar-refractivity contribution in [3.05, 3.63) is 24.1 Å². The van der Waals surface area contributed by atoms with Gasteiger partial charge in [-0.25, -0.2) is 4.98 Å². The lowest BCUT2D eigenvalue weighted by molar-refractivity contribution is 0.572.